The monoisotopic (exact) mass is 305 g/mol. The summed E-state index contributed by atoms with van der Waals surface area (Å²) >= 11 is 0. The Morgan fingerprint density at radius 2 is 1.95 bits per heavy atom. The fourth-order valence-corrected chi connectivity index (χ4v) is 1.57. The minimum absolute atomic E-state index is 0. The fourth-order valence-electron chi connectivity index (χ4n) is 1.57. The fraction of sp³-hybridized carbons (Fsp3) is 0.167. The van der Waals surface area contributed by atoms with Crippen molar-refractivity contribution in [2.75, 3.05) is 0 Å². The molecular weight excluding hydrogens is 295 g/mol. The molecule has 2 aromatic heterocycles. The Morgan fingerprint density at radius 3 is 2.50 bits per heavy atom. The van der Waals surface area contributed by atoms with E-state index in [0.29, 0.717) is 0 Å². The molecule has 0 unspecified atom stereocenters. The first-order valence-corrected chi connectivity index (χ1v) is 5.38. The zero-order chi connectivity index (χ0) is 14.0. The molecule has 2 N–H and O–H groups in total. The molecule has 0 aromatic carbocycles. The van der Waals surface area contributed by atoms with Gasteiger partial charge in [-0.25, -0.2) is 4.98 Å². The number of pyridine rings is 2. The van der Waals surface area contributed by atoms with Gasteiger partial charge in [0.05, 0.1) is 0 Å². The maximum absolute atomic E-state index is 12.7. The lowest BCUT2D eigenvalue weighted by molar-refractivity contribution is -0.141. The minimum Gasteiger partial charge on any atom is -0.326 e. The van der Waals surface area contributed by atoms with Gasteiger partial charge in [-0.05, 0) is 23.8 Å². The molecule has 8 heteroatoms. The van der Waals surface area contributed by atoms with Crippen LogP contribution in [-0.4, -0.2) is 9.55 Å². The number of hydrogen-bond acceptors (Lipinski definition) is 3. The van der Waals surface area contributed by atoms with E-state index in [1.165, 1.54) is 30.5 Å². The van der Waals surface area contributed by atoms with Crippen LogP contribution < -0.4 is 11.3 Å². The summed E-state index contributed by atoms with van der Waals surface area (Å²) in [5.74, 6) is -0.0964. The van der Waals surface area contributed by atoms with Gasteiger partial charge in [-0.1, -0.05) is 6.07 Å². The first-order valence-electron chi connectivity index (χ1n) is 5.38. The van der Waals surface area contributed by atoms with Crippen LogP contribution in [-0.2, 0) is 12.7 Å². The van der Waals surface area contributed by atoms with E-state index in [0.717, 1.165) is 10.6 Å². The summed E-state index contributed by atoms with van der Waals surface area (Å²) in [5.41, 5.74) is 4.09. The van der Waals surface area contributed by atoms with Crippen molar-refractivity contribution >= 4 is 12.4 Å². The van der Waals surface area contributed by atoms with Crippen LogP contribution in [0.2, 0.25) is 0 Å². The standard InChI is InChI=1S/C12H10F3N3O.ClH/c13-12(14,15)9-5-8(7-16)6-10(17-9)18-4-2-1-3-11(18)19;/h1-6H,7,16H2;1H. The summed E-state index contributed by atoms with van der Waals surface area (Å²) in [6.45, 7) is -0.0693. The second-order valence-corrected chi connectivity index (χ2v) is 3.83. The van der Waals surface area contributed by atoms with Crippen LogP contribution in [0.5, 0.6) is 0 Å². The Labute approximate surface area is 118 Å². The number of halogens is 4. The van der Waals surface area contributed by atoms with Gasteiger partial charge < -0.3 is 5.73 Å². The molecular formula is C12H11ClF3N3O. The number of nitrogens with zero attached hydrogens (tertiary/aromatic N) is 2. The molecule has 2 heterocycles. The van der Waals surface area contributed by atoms with Gasteiger partial charge in [-0.3, -0.25) is 9.36 Å². The topological polar surface area (TPSA) is 60.9 Å². The molecule has 0 aliphatic carbocycles. The average molecular weight is 306 g/mol. The molecule has 0 radical (unpaired) electrons. The van der Waals surface area contributed by atoms with Crippen LogP contribution in [0.1, 0.15) is 11.3 Å². The number of nitrogens with two attached hydrogens (primary N) is 1. The molecule has 0 aliphatic rings. The third kappa shape index (κ3) is 3.37. The van der Waals surface area contributed by atoms with Gasteiger partial charge in [0, 0.05) is 18.8 Å². The lowest BCUT2D eigenvalue weighted by Gasteiger charge is -2.11. The van der Waals surface area contributed by atoms with E-state index in [1.54, 1.807) is 0 Å². The molecule has 20 heavy (non-hydrogen) atoms. The Balaban J connectivity index is 0.00000200. The third-order valence-corrected chi connectivity index (χ3v) is 2.47. The first kappa shape index (κ1) is 16.2. The maximum Gasteiger partial charge on any atom is 0.433 e. The Bertz CT molecular complexity index is 655. The van der Waals surface area contributed by atoms with Crippen molar-refractivity contribution in [2.24, 2.45) is 5.73 Å². The summed E-state index contributed by atoms with van der Waals surface area (Å²) in [5, 5.41) is 0. The lowest BCUT2D eigenvalue weighted by Crippen LogP contribution is -2.19. The average Bonchev–Trinajstić information content (AvgIpc) is 2.37. The summed E-state index contributed by atoms with van der Waals surface area (Å²) in [6, 6.07) is 6.50. The van der Waals surface area contributed by atoms with E-state index in [4.69, 9.17) is 5.73 Å². The summed E-state index contributed by atoms with van der Waals surface area (Å²) < 4.78 is 39.2. The number of hydrogen-bond donors (Lipinski definition) is 1. The highest BCUT2D eigenvalue weighted by atomic mass is 35.5. The van der Waals surface area contributed by atoms with Gasteiger partial charge >= 0.3 is 6.18 Å². The van der Waals surface area contributed by atoms with Crippen LogP contribution in [0.4, 0.5) is 13.2 Å². The van der Waals surface area contributed by atoms with Crippen molar-refractivity contribution < 1.29 is 13.2 Å². The van der Waals surface area contributed by atoms with Crippen molar-refractivity contribution in [3.05, 3.63) is 58.1 Å². The molecule has 0 amide bonds. The van der Waals surface area contributed by atoms with Crippen molar-refractivity contribution in [3.63, 3.8) is 0 Å². The molecule has 0 spiro atoms. The van der Waals surface area contributed by atoms with Crippen molar-refractivity contribution in [2.45, 2.75) is 12.7 Å². The molecule has 108 valence electrons. The van der Waals surface area contributed by atoms with E-state index in [9.17, 15) is 18.0 Å². The predicted molar refractivity (Wildman–Crippen MR) is 70.0 cm³/mol. The van der Waals surface area contributed by atoms with Gasteiger partial charge in [0.15, 0.2) is 0 Å². The molecule has 2 rings (SSSR count). The van der Waals surface area contributed by atoms with E-state index >= 15 is 0 Å². The normalized spacial score (nSPS) is 11.0. The smallest absolute Gasteiger partial charge is 0.326 e. The molecule has 0 saturated heterocycles. The summed E-state index contributed by atoms with van der Waals surface area (Å²) in [6.07, 6.45) is -3.23. The maximum atomic E-state index is 12.7. The van der Waals surface area contributed by atoms with E-state index in [2.05, 4.69) is 4.98 Å². The first-order chi connectivity index (χ1) is 8.91. The van der Waals surface area contributed by atoms with Crippen molar-refractivity contribution in [1.82, 2.24) is 9.55 Å². The molecule has 0 saturated carbocycles. The van der Waals surface area contributed by atoms with Crippen LogP contribution in [0.3, 0.4) is 0 Å². The van der Waals surface area contributed by atoms with Gasteiger partial charge in [-0.15, -0.1) is 12.4 Å². The zero-order valence-electron chi connectivity index (χ0n) is 10.1. The van der Waals surface area contributed by atoms with E-state index in [-0.39, 0.29) is 30.3 Å². The molecule has 0 bridgehead atoms. The largest absolute Gasteiger partial charge is 0.433 e. The highest BCUT2D eigenvalue weighted by Crippen LogP contribution is 2.28. The zero-order valence-corrected chi connectivity index (χ0v) is 10.9. The summed E-state index contributed by atoms with van der Waals surface area (Å²) in [4.78, 5) is 15.1. The molecule has 0 fully saturated rings. The van der Waals surface area contributed by atoms with Gasteiger partial charge in [0.2, 0.25) is 0 Å². The van der Waals surface area contributed by atoms with E-state index < -0.39 is 17.4 Å². The van der Waals surface area contributed by atoms with E-state index in [1.807, 2.05) is 0 Å². The number of aromatic nitrogens is 2. The van der Waals surface area contributed by atoms with Crippen molar-refractivity contribution in [3.8, 4) is 5.82 Å². The molecule has 2 aromatic rings. The summed E-state index contributed by atoms with van der Waals surface area (Å²) in [7, 11) is 0. The quantitative estimate of drug-likeness (QED) is 0.924. The van der Waals surface area contributed by atoms with Crippen LogP contribution >= 0.6 is 12.4 Å². The Kier molecular flexibility index (Phi) is 4.91. The number of alkyl halides is 3. The molecule has 0 aliphatic heterocycles. The minimum atomic E-state index is -4.59. The van der Waals surface area contributed by atoms with Crippen LogP contribution in [0, 0.1) is 0 Å². The SMILES string of the molecule is Cl.NCc1cc(-n2ccccc2=O)nc(C(F)(F)F)c1. The number of rotatable bonds is 2. The second-order valence-electron chi connectivity index (χ2n) is 3.83. The van der Waals surface area contributed by atoms with Gasteiger partial charge in [0.25, 0.3) is 5.56 Å². The van der Waals surface area contributed by atoms with Gasteiger partial charge in [-0.2, -0.15) is 13.2 Å². The van der Waals surface area contributed by atoms with Crippen LogP contribution in [0.15, 0.2) is 41.3 Å². The molecule has 4 nitrogen and oxygen atoms in total. The van der Waals surface area contributed by atoms with Crippen LogP contribution in [0.25, 0.3) is 5.82 Å². The Morgan fingerprint density at radius 1 is 1.25 bits per heavy atom. The Hall–Kier alpha value is -1.86. The predicted octanol–water partition coefficient (Wildman–Crippen LogP) is 2.13. The van der Waals surface area contributed by atoms with Crippen molar-refractivity contribution in [1.29, 1.82) is 0 Å². The van der Waals surface area contributed by atoms with Gasteiger partial charge in [0.1, 0.15) is 11.5 Å². The third-order valence-electron chi connectivity index (χ3n) is 2.47. The second kappa shape index (κ2) is 6.06. The highest BCUT2D eigenvalue weighted by Gasteiger charge is 2.33. The lowest BCUT2D eigenvalue weighted by atomic mass is 10.2. The molecule has 0 atom stereocenters. The highest BCUT2D eigenvalue weighted by molar-refractivity contribution is 5.85.